The van der Waals surface area contributed by atoms with Crippen LogP contribution in [0.25, 0.3) is 0 Å². The molecule has 0 radical (unpaired) electrons. The maximum atomic E-state index is 12.6. The van der Waals surface area contributed by atoms with Crippen molar-refractivity contribution in [3.63, 3.8) is 0 Å². The van der Waals surface area contributed by atoms with Gasteiger partial charge in [0.25, 0.3) is 10.1 Å². The van der Waals surface area contributed by atoms with Crippen LogP contribution in [-0.2, 0) is 24.7 Å². The largest absolute Gasteiger partial charge is 0.340 e. The minimum Gasteiger partial charge on any atom is -0.340 e. The normalized spacial score (nSPS) is 15.1. The van der Waals surface area contributed by atoms with E-state index >= 15 is 0 Å². The Morgan fingerprint density at radius 3 is 2.00 bits per heavy atom. The molecule has 3 aromatic carbocycles. The number of hydrogen-bond acceptors (Lipinski definition) is 7. The molecule has 1 heterocycles. The van der Waals surface area contributed by atoms with Gasteiger partial charge in [-0.25, -0.2) is 8.42 Å². The van der Waals surface area contributed by atoms with Crippen LogP contribution in [0.1, 0.15) is 19.3 Å². The fraction of sp³-hybridized carbons (Fsp3) is 0.321. The van der Waals surface area contributed by atoms with Crippen molar-refractivity contribution >= 4 is 42.9 Å². The predicted molar refractivity (Wildman–Crippen MR) is 152 cm³/mol. The number of anilines is 3. The lowest BCUT2D eigenvalue weighted by atomic mass is 9.93. The lowest BCUT2D eigenvalue weighted by Gasteiger charge is -2.34. The number of para-hydroxylation sites is 1. The quantitative estimate of drug-likeness (QED) is 0.347. The zero-order valence-corrected chi connectivity index (χ0v) is 23.4. The summed E-state index contributed by atoms with van der Waals surface area (Å²) >= 11 is 0. The van der Waals surface area contributed by atoms with Crippen LogP contribution in [0.5, 0.6) is 0 Å². The van der Waals surface area contributed by atoms with Gasteiger partial charge < -0.3 is 15.1 Å². The van der Waals surface area contributed by atoms with Gasteiger partial charge in [-0.2, -0.15) is 8.42 Å². The number of amides is 1. The first-order valence-corrected chi connectivity index (χ1v) is 16.0. The third-order valence-electron chi connectivity index (χ3n) is 6.90. The molecule has 3 aromatic rings. The molecular weight excluding hydrogens is 538 g/mol. The summed E-state index contributed by atoms with van der Waals surface area (Å²) in [6.45, 7) is 3.21. The Hall–Kier alpha value is -3.25. The molecule has 1 aliphatic rings. The fourth-order valence-electron chi connectivity index (χ4n) is 4.73. The molecule has 1 fully saturated rings. The second-order valence-electron chi connectivity index (χ2n) is 9.79. The van der Waals surface area contributed by atoms with Crippen molar-refractivity contribution < 1.29 is 26.2 Å². The molecule has 0 bridgehead atoms. The number of carbonyl (C=O) groups excluding carboxylic acids is 1. The summed E-state index contributed by atoms with van der Waals surface area (Å²) in [5.41, 5.74) is 2.38. The van der Waals surface area contributed by atoms with Gasteiger partial charge in [-0.15, -0.1) is 0 Å². The average molecular weight is 572 g/mol. The number of sulfone groups is 1. The summed E-state index contributed by atoms with van der Waals surface area (Å²) in [4.78, 5) is 17.1. The lowest BCUT2D eigenvalue weighted by Crippen LogP contribution is -2.39. The van der Waals surface area contributed by atoms with E-state index in [2.05, 4.69) is 15.1 Å². The maximum absolute atomic E-state index is 12.6. The van der Waals surface area contributed by atoms with Crippen molar-refractivity contribution in [2.24, 2.45) is 5.92 Å². The average Bonchev–Trinajstić information content (AvgIpc) is 2.90. The van der Waals surface area contributed by atoms with Gasteiger partial charge in [0.15, 0.2) is 9.84 Å². The van der Waals surface area contributed by atoms with Crippen LogP contribution in [0, 0.1) is 5.92 Å². The Bertz CT molecular complexity index is 1470. The summed E-state index contributed by atoms with van der Waals surface area (Å²) in [6.07, 6.45) is 3.36. The zero-order chi connectivity index (χ0) is 28.0. The summed E-state index contributed by atoms with van der Waals surface area (Å²) in [5.74, 6) is 0.193. The van der Waals surface area contributed by atoms with Gasteiger partial charge in [0.1, 0.15) is 0 Å². The van der Waals surface area contributed by atoms with Gasteiger partial charge >= 0.3 is 0 Å². The van der Waals surface area contributed by atoms with Crippen molar-refractivity contribution in [1.82, 2.24) is 4.90 Å². The van der Waals surface area contributed by atoms with Crippen molar-refractivity contribution in [3.05, 3.63) is 78.9 Å². The number of benzene rings is 3. The van der Waals surface area contributed by atoms with E-state index in [0.29, 0.717) is 18.7 Å². The number of carbonyl (C=O) groups is 1. The zero-order valence-electron chi connectivity index (χ0n) is 21.7. The molecular formula is C28H33N3O6S2. The molecule has 4 rings (SSSR count). The Morgan fingerprint density at radius 1 is 0.872 bits per heavy atom. The SMILES string of the molecule is CS(=O)(=O)c1ccc(NC(=O)CC2CCN(CCN(c3ccccc3)c3ccc(S(=O)(=O)O)cc3)CC2)cc1. The van der Waals surface area contributed by atoms with Gasteiger partial charge in [-0.1, -0.05) is 18.2 Å². The molecule has 0 atom stereocenters. The van der Waals surface area contributed by atoms with Crippen LogP contribution in [-0.4, -0.2) is 64.6 Å². The number of likely N-dealkylation sites (tertiary alicyclic amines) is 1. The highest BCUT2D eigenvalue weighted by Gasteiger charge is 2.22. The molecule has 0 aliphatic carbocycles. The molecule has 11 heteroatoms. The molecule has 0 saturated carbocycles. The van der Waals surface area contributed by atoms with Gasteiger partial charge in [0.05, 0.1) is 9.79 Å². The van der Waals surface area contributed by atoms with E-state index in [1.165, 1.54) is 24.3 Å². The number of rotatable bonds is 10. The maximum Gasteiger partial charge on any atom is 0.294 e. The molecule has 1 aliphatic heterocycles. The highest BCUT2D eigenvalue weighted by atomic mass is 32.2. The summed E-state index contributed by atoms with van der Waals surface area (Å²) in [5, 5.41) is 2.86. The smallest absolute Gasteiger partial charge is 0.294 e. The fourth-order valence-corrected chi connectivity index (χ4v) is 5.84. The Balaban J connectivity index is 1.29. The minimum absolute atomic E-state index is 0.0795. The topological polar surface area (TPSA) is 124 Å². The van der Waals surface area contributed by atoms with E-state index in [1.807, 2.05) is 30.3 Å². The van der Waals surface area contributed by atoms with Gasteiger partial charge in [-0.05, 0) is 92.5 Å². The first-order chi connectivity index (χ1) is 18.5. The number of nitrogens with zero attached hydrogens (tertiary/aromatic N) is 2. The Morgan fingerprint density at radius 2 is 1.44 bits per heavy atom. The highest BCUT2D eigenvalue weighted by Crippen LogP contribution is 2.27. The van der Waals surface area contributed by atoms with Crippen molar-refractivity contribution in [3.8, 4) is 0 Å². The molecule has 0 spiro atoms. The van der Waals surface area contributed by atoms with Crippen LogP contribution in [0.4, 0.5) is 17.1 Å². The summed E-state index contributed by atoms with van der Waals surface area (Å²) in [6, 6.07) is 22.2. The molecule has 39 heavy (non-hydrogen) atoms. The highest BCUT2D eigenvalue weighted by molar-refractivity contribution is 7.90. The van der Waals surface area contributed by atoms with Crippen molar-refractivity contribution in [2.75, 3.05) is 42.7 Å². The summed E-state index contributed by atoms with van der Waals surface area (Å²) in [7, 11) is -7.53. The molecule has 9 nitrogen and oxygen atoms in total. The van der Waals surface area contributed by atoms with E-state index in [4.69, 9.17) is 0 Å². The summed E-state index contributed by atoms with van der Waals surface area (Å²) < 4.78 is 55.4. The second kappa shape index (κ2) is 12.3. The van der Waals surface area contributed by atoms with E-state index in [0.717, 1.165) is 50.1 Å². The molecule has 0 aromatic heterocycles. The van der Waals surface area contributed by atoms with Crippen molar-refractivity contribution in [2.45, 2.75) is 29.1 Å². The lowest BCUT2D eigenvalue weighted by molar-refractivity contribution is -0.117. The first-order valence-electron chi connectivity index (χ1n) is 12.7. The number of nitrogens with one attached hydrogen (secondary N) is 1. The van der Waals surface area contributed by atoms with Crippen LogP contribution in [0.2, 0.25) is 0 Å². The van der Waals surface area contributed by atoms with Crippen LogP contribution in [0.3, 0.4) is 0 Å². The van der Waals surface area contributed by atoms with Crippen LogP contribution >= 0.6 is 0 Å². The Labute approximate surface area is 230 Å². The predicted octanol–water partition coefficient (Wildman–Crippen LogP) is 4.22. The molecule has 208 valence electrons. The molecule has 2 N–H and O–H groups in total. The van der Waals surface area contributed by atoms with Crippen LogP contribution in [0.15, 0.2) is 88.7 Å². The molecule has 1 saturated heterocycles. The Kier molecular flexibility index (Phi) is 9.06. The first kappa shape index (κ1) is 28.8. The third kappa shape index (κ3) is 8.12. The van der Waals surface area contributed by atoms with Gasteiger partial charge in [-0.3, -0.25) is 9.35 Å². The van der Waals surface area contributed by atoms with E-state index < -0.39 is 20.0 Å². The van der Waals surface area contributed by atoms with Gasteiger partial charge in [0.2, 0.25) is 5.91 Å². The van der Waals surface area contributed by atoms with E-state index in [-0.39, 0.29) is 21.6 Å². The van der Waals surface area contributed by atoms with E-state index in [1.54, 1.807) is 24.3 Å². The monoisotopic (exact) mass is 571 g/mol. The standard InChI is InChI=1S/C28H33N3O6S2/c1-38(33,34)26-11-7-23(8-12-26)29-28(32)21-22-15-17-30(18-16-22)19-20-31(24-5-3-2-4-6-24)25-9-13-27(14-10-25)39(35,36)37/h2-14,22H,15-21H2,1H3,(H,29,32)(H,35,36,37). The number of hydrogen-bond donors (Lipinski definition) is 2. The van der Waals surface area contributed by atoms with Crippen LogP contribution < -0.4 is 10.2 Å². The molecule has 0 unspecified atom stereocenters. The minimum atomic E-state index is -4.26. The number of piperidine rings is 1. The van der Waals surface area contributed by atoms with Crippen molar-refractivity contribution in [1.29, 1.82) is 0 Å². The van der Waals surface area contributed by atoms with E-state index in [9.17, 15) is 26.2 Å². The third-order valence-corrected chi connectivity index (χ3v) is 8.90. The molecule has 1 amide bonds. The second-order valence-corrected chi connectivity index (χ2v) is 13.2. The van der Waals surface area contributed by atoms with Gasteiger partial charge in [0, 0.05) is 42.8 Å².